The summed E-state index contributed by atoms with van der Waals surface area (Å²) in [4.78, 5) is 24.2. The third-order valence-electron chi connectivity index (χ3n) is 4.98. The zero-order valence-electron chi connectivity index (χ0n) is 19.0. The van der Waals surface area contributed by atoms with Gasteiger partial charge in [0.25, 0.3) is 5.91 Å². The Morgan fingerprint density at radius 3 is 2.43 bits per heavy atom. The number of halogens is 2. The molecular weight excluding hydrogens is 515 g/mol. The SMILES string of the molecule is CC#CCOc1ccc(S(=O)(=O)C(CCCCNC(=O)Cc2ccc(Cl)c(Cl)c2)C(=O)NO)cc1. The number of ether oxygens (including phenoxy) is 1. The van der Waals surface area contributed by atoms with Gasteiger partial charge in [-0.05, 0) is 68.1 Å². The Morgan fingerprint density at radius 2 is 1.80 bits per heavy atom. The Hall–Kier alpha value is -2.77. The van der Waals surface area contributed by atoms with Crippen molar-refractivity contribution in [3.8, 4) is 17.6 Å². The van der Waals surface area contributed by atoms with E-state index in [9.17, 15) is 18.0 Å². The van der Waals surface area contributed by atoms with Crippen molar-refractivity contribution in [1.29, 1.82) is 0 Å². The fraction of sp³-hybridized carbons (Fsp3) is 0.333. The molecule has 0 spiro atoms. The molecule has 0 aliphatic rings. The summed E-state index contributed by atoms with van der Waals surface area (Å²) in [7, 11) is -4.07. The lowest BCUT2D eigenvalue weighted by Crippen LogP contribution is -2.38. The highest BCUT2D eigenvalue weighted by atomic mass is 35.5. The normalized spacial score (nSPS) is 11.7. The van der Waals surface area contributed by atoms with Crippen molar-refractivity contribution in [1.82, 2.24) is 10.8 Å². The van der Waals surface area contributed by atoms with Crippen molar-refractivity contribution < 1.29 is 28.0 Å². The minimum atomic E-state index is -4.07. The lowest BCUT2D eigenvalue weighted by molar-refractivity contribution is -0.129. The van der Waals surface area contributed by atoms with Crippen LogP contribution in [0.4, 0.5) is 0 Å². The summed E-state index contributed by atoms with van der Waals surface area (Å²) in [6, 6.07) is 10.6. The predicted octanol–water partition coefficient (Wildman–Crippen LogP) is 3.57. The van der Waals surface area contributed by atoms with Gasteiger partial charge in [0.1, 0.15) is 17.6 Å². The van der Waals surface area contributed by atoms with Crippen molar-refractivity contribution in [3.05, 3.63) is 58.1 Å². The average molecular weight is 541 g/mol. The summed E-state index contributed by atoms with van der Waals surface area (Å²) in [5, 5.41) is 11.1. The molecule has 11 heteroatoms. The van der Waals surface area contributed by atoms with Gasteiger partial charge in [0.15, 0.2) is 9.84 Å². The highest BCUT2D eigenvalue weighted by Gasteiger charge is 2.33. The van der Waals surface area contributed by atoms with Crippen LogP contribution in [0.15, 0.2) is 47.4 Å². The summed E-state index contributed by atoms with van der Waals surface area (Å²) in [5.74, 6) is 4.60. The molecule has 1 unspecified atom stereocenters. The maximum atomic E-state index is 13.0. The molecule has 188 valence electrons. The minimum absolute atomic E-state index is 0.0400. The zero-order chi connectivity index (χ0) is 25.8. The van der Waals surface area contributed by atoms with E-state index in [1.165, 1.54) is 29.7 Å². The summed E-state index contributed by atoms with van der Waals surface area (Å²) >= 11 is 11.8. The molecule has 2 amide bonds. The maximum absolute atomic E-state index is 13.0. The molecule has 0 aromatic heterocycles. The van der Waals surface area contributed by atoms with E-state index in [1.54, 1.807) is 25.1 Å². The number of hydrogen-bond donors (Lipinski definition) is 3. The number of sulfone groups is 1. The van der Waals surface area contributed by atoms with Crippen LogP contribution in [0.5, 0.6) is 5.75 Å². The Morgan fingerprint density at radius 1 is 1.09 bits per heavy atom. The van der Waals surface area contributed by atoms with Gasteiger partial charge in [-0.1, -0.05) is 35.2 Å². The lowest BCUT2D eigenvalue weighted by atomic mass is 10.1. The topological polar surface area (TPSA) is 122 Å². The molecule has 0 aliphatic heterocycles. The highest BCUT2D eigenvalue weighted by molar-refractivity contribution is 7.92. The first-order chi connectivity index (χ1) is 16.7. The molecule has 0 bridgehead atoms. The monoisotopic (exact) mass is 540 g/mol. The molecule has 2 aromatic carbocycles. The Kier molecular flexibility index (Phi) is 11.3. The van der Waals surface area contributed by atoms with Crippen LogP contribution in [0.25, 0.3) is 0 Å². The smallest absolute Gasteiger partial charge is 0.262 e. The number of amides is 2. The number of nitrogens with one attached hydrogen (secondary N) is 2. The van der Waals surface area contributed by atoms with Crippen molar-refractivity contribution in [2.45, 2.75) is 42.8 Å². The van der Waals surface area contributed by atoms with Crippen LogP contribution in [0.2, 0.25) is 10.0 Å². The van der Waals surface area contributed by atoms with Gasteiger partial charge in [0.05, 0.1) is 21.4 Å². The van der Waals surface area contributed by atoms with Crippen LogP contribution in [0, 0.1) is 11.8 Å². The Bertz CT molecular complexity index is 1190. The van der Waals surface area contributed by atoms with E-state index >= 15 is 0 Å². The maximum Gasteiger partial charge on any atom is 0.262 e. The Labute approximate surface area is 214 Å². The third kappa shape index (κ3) is 8.75. The number of benzene rings is 2. The summed E-state index contributed by atoms with van der Waals surface area (Å²) in [6.07, 6.45) is 0.831. The molecule has 0 saturated carbocycles. The molecule has 0 aliphatic carbocycles. The number of hydroxylamine groups is 1. The Balaban J connectivity index is 1.90. The first-order valence-corrected chi connectivity index (χ1v) is 13.0. The summed E-state index contributed by atoms with van der Waals surface area (Å²) in [6.45, 7) is 2.14. The first kappa shape index (κ1) is 28.5. The van der Waals surface area contributed by atoms with Crippen LogP contribution in [-0.4, -0.2) is 43.8 Å². The van der Waals surface area contributed by atoms with E-state index in [2.05, 4.69) is 17.2 Å². The molecular formula is C24H26Cl2N2O6S. The van der Waals surface area contributed by atoms with E-state index < -0.39 is 21.0 Å². The molecule has 35 heavy (non-hydrogen) atoms. The minimum Gasteiger partial charge on any atom is -0.481 e. The standard InChI is InChI=1S/C24H26Cl2N2O6S/c1-2-3-14-34-18-8-10-19(11-9-18)35(32,33)22(24(30)28-31)6-4-5-13-27-23(29)16-17-7-12-20(25)21(26)15-17/h7-12,15,22,31H,4-6,13-14,16H2,1H3,(H,27,29)(H,28,30). The quantitative estimate of drug-likeness (QED) is 0.164. The van der Waals surface area contributed by atoms with Crippen molar-refractivity contribution in [2.75, 3.05) is 13.2 Å². The zero-order valence-corrected chi connectivity index (χ0v) is 21.3. The molecule has 3 N–H and O–H groups in total. The number of hydrogen-bond acceptors (Lipinski definition) is 6. The second-order valence-corrected chi connectivity index (χ2v) is 10.4. The van der Waals surface area contributed by atoms with Gasteiger partial charge in [0, 0.05) is 6.54 Å². The van der Waals surface area contributed by atoms with E-state index in [-0.39, 0.29) is 30.3 Å². The predicted molar refractivity (Wildman–Crippen MR) is 133 cm³/mol. The van der Waals surface area contributed by atoms with Crippen LogP contribution in [0.3, 0.4) is 0 Å². The molecule has 2 aromatic rings. The van der Waals surface area contributed by atoms with Crippen LogP contribution in [-0.2, 0) is 25.8 Å². The molecule has 1 atom stereocenters. The molecule has 0 saturated heterocycles. The first-order valence-electron chi connectivity index (χ1n) is 10.7. The molecule has 0 heterocycles. The number of carbonyl (C=O) groups excluding carboxylic acids is 2. The number of carbonyl (C=O) groups is 2. The van der Waals surface area contributed by atoms with Crippen molar-refractivity contribution in [3.63, 3.8) is 0 Å². The second-order valence-electron chi connectivity index (χ2n) is 7.47. The van der Waals surface area contributed by atoms with Crippen LogP contribution in [0.1, 0.15) is 31.7 Å². The molecule has 8 nitrogen and oxygen atoms in total. The van der Waals surface area contributed by atoms with Gasteiger partial charge in [-0.2, -0.15) is 0 Å². The van der Waals surface area contributed by atoms with Gasteiger partial charge < -0.3 is 10.1 Å². The van der Waals surface area contributed by atoms with Gasteiger partial charge in [0.2, 0.25) is 5.91 Å². The van der Waals surface area contributed by atoms with Gasteiger partial charge in [-0.15, -0.1) is 5.92 Å². The molecule has 2 rings (SSSR count). The number of rotatable bonds is 12. The fourth-order valence-corrected chi connectivity index (χ4v) is 5.14. The molecule has 0 fully saturated rings. The van der Waals surface area contributed by atoms with Crippen LogP contribution >= 0.6 is 23.2 Å². The fourth-order valence-electron chi connectivity index (χ4n) is 3.16. The van der Waals surface area contributed by atoms with Gasteiger partial charge in [-0.3, -0.25) is 14.8 Å². The van der Waals surface area contributed by atoms with Gasteiger partial charge >= 0.3 is 0 Å². The number of unbranched alkanes of at least 4 members (excludes halogenated alkanes) is 1. The summed E-state index contributed by atoms with van der Waals surface area (Å²) in [5.41, 5.74) is 2.14. The van der Waals surface area contributed by atoms with Gasteiger partial charge in [-0.25, -0.2) is 13.9 Å². The average Bonchev–Trinajstić information content (AvgIpc) is 2.83. The summed E-state index contributed by atoms with van der Waals surface area (Å²) < 4.78 is 31.4. The largest absolute Gasteiger partial charge is 0.481 e. The third-order valence-corrected chi connectivity index (χ3v) is 7.85. The van der Waals surface area contributed by atoms with E-state index in [0.29, 0.717) is 40.7 Å². The van der Waals surface area contributed by atoms with E-state index in [4.69, 9.17) is 33.1 Å². The van der Waals surface area contributed by atoms with Crippen molar-refractivity contribution >= 4 is 44.9 Å². The van der Waals surface area contributed by atoms with E-state index in [0.717, 1.165) is 0 Å². The molecule has 0 radical (unpaired) electrons. The van der Waals surface area contributed by atoms with E-state index in [1.807, 2.05) is 0 Å². The lowest BCUT2D eigenvalue weighted by Gasteiger charge is -2.16. The van der Waals surface area contributed by atoms with Crippen molar-refractivity contribution in [2.24, 2.45) is 0 Å². The highest BCUT2D eigenvalue weighted by Crippen LogP contribution is 2.24. The second kappa shape index (κ2) is 14.0. The van der Waals surface area contributed by atoms with Crippen LogP contribution < -0.4 is 15.5 Å².